The van der Waals surface area contributed by atoms with Gasteiger partial charge in [0.2, 0.25) is 0 Å². The molecule has 0 radical (unpaired) electrons. The molecule has 0 unspecified atom stereocenters. The lowest BCUT2D eigenvalue weighted by atomic mass is 10.2. The van der Waals surface area contributed by atoms with Crippen molar-refractivity contribution in [3.8, 4) is 6.07 Å². The van der Waals surface area contributed by atoms with E-state index < -0.39 is 0 Å². The molecule has 4 nitrogen and oxygen atoms in total. The van der Waals surface area contributed by atoms with Gasteiger partial charge in [-0.3, -0.25) is 0 Å². The Labute approximate surface area is 103 Å². The molecule has 1 aromatic rings. The second-order valence-corrected chi connectivity index (χ2v) is 3.98. The molecule has 0 saturated heterocycles. The van der Waals surface area contributed by atoms with Crippen LogP contribution in [0.4, 0.5) is 5.69 Å². The first-order chi connectivity index (χ1) is 7.77. The van der Waals surface area contributed by atoms with Crippen molar-refractivity contribution >= 4 is 21.6 Å². The molecule has 0 aliphatic heterocycles. The molecule has 0 saturated carbocycles. The summed E-state index contributed by atoms with van der Waals surface area (Å²) in [7, 11) is 0. The van der Waals surface area contributed by atoms with Crippen LogP contribution in [-0.4, -0.2) is 31.5 Å². The van der Waals surface area contributed by atoms with Crippen molar-refractivity contribution < 1.29 is 9.84 Å². The third kappa shape index (κ3) is 4.19. The summed E-state index contributed by atoms with van der Waals surface area (Å²) in [6.07, 6.45) is 0. The minimum atomic E-state index is 0.0281. The number of aliphatic hydroxyl groups excluding tert-OH is 1. The molecule has 0 bridgehead atoms. The van der Waals surface area contributed by atoms with E-state index in [4.69, 9.17) is 15.1 Å². The first-order valence-corrected chi connectivity index (χ1v) is 5.69. The maximum absolute atomic E-state index is 8.88. The zero-order valence-corrected chi connectivity index (χ0v) is 10.3. The van der Waals surface area contributed by atoms with Crippen LogP contribution in [0.5, 0.6) is 0 Å². The van der Waals surface area contributed by atoms with E-state index in [1.165, 1.54) is 0 Å². The predicted molar refractivity (Wildman–Crippen MR) is 65.3 cm³/mol. The van der Waals surface area contributed by atoms with Crippen molar-refractivity contribution in [3.63, 3.8) is 0 Å². The molecule has 0 atom stereocenters. The van der Waals surface area contributed by atoms with Gasteiger partial charge >= 0.3 is 0 Å². The average molecular weight is 285 g/mol. The van der Waals surface area contributed by atoms with E-state index in [0.717, 1.165) is 10.2 Å². The summed E-state index contributed by atoms with van der Waals surface area (Å²) in [5.74, 6) is 0. The number of nitriles is 1. The minimum Gasteiger partial charge on any atom is -0.394 e. The van der Waals surface area contributed by atoms with Crippen LogP contribution < -0.4 is 5.32 Å². The molecule has 0 amide bonds. The molecule has 86 valence electrons. The summed E-state index contributed by atoms with van der Waals surface area (Å²) in [6, 6.07) is 7.54. The summed E-state index contributed by atoms with van der Waals surface area (Å²) >= 11 is 3.35. The fourth-order valence-electron chi connectivity index (χ4n) is 1.18. The number of nitrogens with one attached hydrogen (secondary N) is 1. The normalized spacial score (nSPS) is 9.81. The first kappa shape index (κ1) is 13.0. The van der Waals surface area contributed by atoms with Crippen molar-refractivity contribution in [1.29, 1.82) is 5.26 Å². The monoisotopic (exact) mass is 284 g/mol. The Morgan fingerprint density at radius 2 is 2.25 bits per heavy atom. The summed E-state index contributed by atoms with van der Waals surface area (Å²) < 4.78 is 6.02. The highest BCUT2D eigenvalue weighted by Gasteiger charge is 2.01. The second kappa shape index (κ2) is 7.23. The highest BCUT2D eigenvalue weighted by atomic mass is 79.9. The second-order valence-electron chi connectivity index (χ2n) is 3.06. The Morgan fingerprint density at radius 3 is 2.94 bits per heavy atom. The Bertz CT molecular complexity index is 377. The van der Waals surface area contributed by atoms with Crippen molar-refractivity contribution in [1.82, 2.24) is 0 Å². The molecule has 0 aromatic heterocycles. The highest BCUT2D eigenvalue weighted by molar-refractivity contribution is 9.10. The van der Waals surface area contributed by atoms with Crippen LogP contribution in [0.25, 0.3) is 0 Å². The van der Waals surface area contributed by atoms with E-state index in [0.29, 0.717) is 25.3 Å². The molecule has 1 aromatic carbocycles. The van der Waals surface area contributed by atoms with Crippen molar-refractivity contribution in [2.24, 2.45) is 0 Å². The number of ether oxygens (including phenoxy) is 1. The fourth-order valence-corrected chi connectivity index (χ4v) is 1.55. The standard InChI is InChI=1S/C11H13BrN2O2/c12-10-2-1-9(8-13)11(7-10)14-3-5-16-6-4-15/h1-2,7,14-15H,3-6H2. The van der Waals surface area contributed by atoms with Crippen molar-refractivity contribution in [3.05, 3.63) is 28.2 Å². The predicted octanol–water partition coefficient (Wildman–Crippen LogP) is 1.74. The minimum absolute atomic E-state index is 0.0281. The van der Waals surface area contributed by atoms with E-state index in [1.54, 1.807) is 6.07 Å². The molecule has 0 aliphatic rings. The Balaban J connectivity index is 2.46. The van der Waals surface area contributed by atoms with Crippen LogP contribution in [0.2, 0.25) is 0 Å². The van der Waals surface area contributed by atoms with Gasteiger partial charge in [0.15, 0.2) is 0 Å². The van der Waals surface area contributed by atoms with Gasteiger partial charge in [0.25, 0.3) is 0 Å². The van der Waals surface area contributed by atoms with Gasteiger partial charge in [-0.1, -0.05) is 15.9 Å². The van der Waals surface area contributed by atoms with Crippen LogP contribution in [0, 0.1) is 11.3 Å². The van der Waals surface area contributed by atoms with Crippen LogP contribution in [0.1, 0.15) is 5.56 Å². The summed E-state index contributed by atoms with van der Waals surface area (Å²) in [5.41, 5.74) is 1.38. The van der Waals surface area contributed by atoms with E-state index in [2.05, 4.69) is 27.3 Å². The van der Waals surface area contributed by atoms with Gasteiger partial charge in [-0.05, 0) is 18.2 Å². The van der Waals surface area contributed by atoms with E-state index >= 15 is 0 Å². The number of rotatable bonds is 6. The van der Waals surface area contributed by atoms with Gasteiger partial charge in [0.1, 0.15) is 6.07 Å². The smallest absolute Gasteiger partial charge is 0.101 e. The topological polar surface area (TPSA) is 65.3 Å². The lowest BCUT2D eigenvalue weighted by Crippen LogP contribution is -2.12. The molecular formula is C11H13BrN2O2. The number of anilines is 1. The van der Waals surface area contributed by atoms with Gasteiger partial charge < -0.3 is 15.2 Å². The zero-order chi connectivity index (χ0) is 11.8. The largest absolute Gasteiger partial charge is 0.394 e. The number of aliphatic hydroxyl groups is 1. The fraction of sp³-hybridized carbons (Fsp3) is 0.364. The lowest BCUT2D eigenvalue weighted by Gasteiger charge is -2.08. The number of halogens is 1. The number of hydrogen-bond donors (Lipinski definition) is 2. The van der Waals surface area contributed by atoms with E-state index in [-0.39, 0.29) is 6.61 Å². The van der Waals surface area contributed by atoms with Crippen LogP contribution in [0.15, 0.2) is 22.7 Å². The van der Waals surface area contributed by atoms with Gasteiger partial charge in [-0.25, -0.2) is 0 Å². The Hall–Kier alpha value is -1.09. The average Bonchev–Trinajstić information content (AvgIpc) is 2.29. The quantitative estimate of drug-likeness (QED) is 0.781. The lowest BCUT2D eigenvalue weighted by molar-refractivity contribution is 0.0992. The molecule has 0 spiro atoms. The van der Waals surface area contributed by atoms with Crippen molar-refractivity contribution in [2.75, 3.05) is 31.7 Å². The number of hydrogen-bond acceptors (Lipinski definition) is 4. The summed E-state index contributed by atoms with van der Waals surface area (Å²) in [6.45, 7) is 1.47. The van der Waals surface area contributed by atoms with Gasteiger partial charge in [-0.15, -0.1) is 0 Å². The third-order valence-electron chi connectivity index (χ3n) is 1.90. The van der Waals surface area contributed by atoms with Gasteiger partial charge in [0, 0.05) is 11.0 Å². The first-order valence-electron chi connectivity index (χ1n) is 4.90. The number of nitrogens with zero attached hydrogens (tertiary/aromatic N) is 1. The molecule has 5 heteroatoms. The SMILES string of the molecule is N#Cc1ccc(Br)cc1NCCOCCO. The van der Waals surface area contributed by atoms with E-state index in [1.807, 2.05) is 12.1 Å². The molecular weight excluding hydrogens is 272 g/mol. The molecule has 0 fully saturated rings. The zero-order valence-electron chi connectivity index (χ0n) is 8.74. The van der Waals surface area contributed by atoms with Crippen LogP contribution in [-0.2, 0) is 4.74 Å². The van der Waals surface area contributed by atoms with Crippen LogP contribution in [0.3, 0.4) is 0 Å². The molecule has 1 rings (SSSR count). The molecule has 16 heavy (non-hydrogen) atoms. The third-order valence-corrected chi connectivity index (χ3v) is 2.39. The maximum Gasteiger partial charge on any atom is 0.101 e. The number of benzene rings is 1. The van der Waals surface area contributed by atoms with Gasteiger partial charge in [-0.2, -0.15) is 5.26 Å². The highest BCUT2D eigenvalue weighted by Crippen LogP contribution is 2.20. The maximum atomic E-state index is 8.88. The van der Waals surface area contributed by atoms with Crippen molar-refractivity contribution in [2.45, 2.75) is 0 Å². The van der Waals surface area contributed by atoms with E-state index in [9.17, 15) is 0 Å². The van der Waals surface area contributed by atoms with Gasteiger partial charge in [0.05, 0.1) is 31.1 Å². The van der Waals surface area contributed by atoms with Crippen LogP contribution >= 0.6 is 15.9 Å². The molecule has 0 aliphatic carbocycles. The summed E-state index contributed by atoms with van der Waals surface area (Å²) in [4.78, 5) is 0. The Morgan fingerprint density at radius 1 is 1.44 bits per heavy atom. The molecule has 0 heterocycles. The Kier molecular flexibility index (Phi) is 5.86. The summed E-state index contributed by atoms with van der Waals surface area (Å²) in [5, 5.41) is 20.5. The molecule has 2 N–H and O–H groups in total.